The molecule has 33 heavy (non-hydrogen) atoms. The van der Waals surface area contributed by atoms with E-state index >= 15 is 0 Å². The summed E-state index contributed by atoms with van der Waals surface area (Å²) in [6.45, 7) is 0. The molecule has 0 aliphatic rings. The topological polar surface area (TPSA) is 99.9 Å². The molecule has 0 aliphatic carbocycles. The van der Waals surface area contributed by atoms with Crippen molar-refractivity contribution in [2.24, 2.45) is 0 Å². The molecule has 0 aliphatic heterocycles. The van der Waals surface area contributed by atoms with E-state index < -0.39 is 11.0 Å². The molecule has 0 amide bonds. The van der Waals surface area contributed by atoms with Gasteiger partial charge in [0.25, 0.3) is 0 Å². The molecule has 0 spiro atoms. The molecule has 3 aromatic carbocycles. The predicted octanol–water partition coefficient (Wildman–Crippen LogP) is 5.65. The number of hydrogen-bond acceptors (Lipinski definition) is 7. The maximum absolute atomic E-state index is 13.2. The lowest BCUT2D eigenvalue weighted by Crippen LogP contribution is -2.16. The molecule has 8 nitrogen and oxygen atoms in total. The summed E-state index contributed by atoms with van der Waals surface area (Å²) in [6.07, 6.45) is 0.0605. The monoisotopic (exact) mass is 562 g/mol. The number of nitrogens with one attached hydrogen (secondary N) is 1. The Morgan fingerprint density at radius 2 is 1.58 bits per heavy atom. The Hall–Kier alpha value is -3.34. The van der Waals surface area contributed by atoms with E-state index in [0.717, 1.165) is 9.26 Å². The lowest BCUT2D eigenvalue weighted by molar-refractivity contribution is -0.385. The Morgan fingerprint density at radius 3 is 2.18 bits per heavy atom. The number of rotatable bonds is 10. The highest BCUT2D eigenvalue weighted by molar-refractivity contribution is 14.1. The van der Waals surface area contributed by atoms with E-state index in [9.17, 15) is 14.9 Å². The van der Waals surface area contributed by atoms with Gasteiger partial charge in [-0.05, 0) is 76.7 Å². The zero-order valence-electron chi connectivity index (χ0n) is 18.3. The molecule has 3 rings (SSSR count). The molecule has 1 atom stereocenters. The highest BCUT2D eigenvalue weighted by Crippen LogP contribution is 2.34. The van der Waals surface area contributed by atoms with Gasteiger partial charge in [-0.25, -0.2) is 0 Å². The van der Waals surface area contributed by atoms with Gasteiger partial charge in [0.15, 0.2) is 23.0 Å². The molecule has 0 aromatic heterocycles. The molecule has 1 unspecified atom stereocenters. The minimum atomic E-state index is -0.518. The van der Waals surface area contributed by atoms with Crippen molar-refractivity contribution in [2.75, 3.05) is 26.6 Å². The molecular formula is C24H23IN2O6. The first-order valence-corrected chi connectivity index (χ1v) is 11.0. The Morgan fingerprint density at radius 1 is 0.939 bits per heavy atom. The Bertz CT molecular complexity index is 1150. The van der Waals surface area contributed by atoms with Gasteiger partial charge in [0.05, 0.1) is 32.3 Å². The van der Waals surface area contributed by atoms with Gasteiger partial charge in [-0.2, -0.15) is 0 Å². The van der Waals surface area contributed by atoms with Gasteiger partial charge in [-0.3, -0.25) is 14.9 Å². The average molecular weight is 562 g/mol. The van der Waals surface area contributed by atoms with Crippen molar-refractivity contribution in [2.45, 2.75) is 12.5 Å². The fourth-order valence-electron chi connectivity index (χ4n) is 3.38. The Labute approximate surface area is 205 Å². The lowest BCUT2D eigenvalue weighted by atomic mass is 9.96. The summed E-state index contributed by atoms with van der Waals surface area (Å²) >= 11 is 2.21. The van der Waals surface area contributed by atoms with Crippen LogP contribution in [0.4, 0.5) is 11.4 Å². The average Bonchev–Trinajstić information content (AvgIpc) is 2.83. The minimum Gasteiger partial charge on any atom is -0.493 e. The molecule has 172 valence electrons. The first-order valence-electron chi connectivity index (χ1n) is 9.96. The zero-order valence-corrected chi connectivity index (χ0v) is 20.5. The summed E-state index contributed by atoms with van der Waals surface area (Å²) in [5.74, 6) is 0.972. The van der Waals surface area contributed by atoms with Crippen molar-refractivity contribution in [3.05, 3.63) is 85.5 Å². The summed E-state index contributed by atoms with van der Waals surface area (Å²) < 4.78 is 16.7. The Kier molecular flexibility index (Phi) is 8.10. The fourth-order valence-corrected chi connectivity index (χ4v) is 3.74. The maximum Gasteiger partial charge on any atom is 0.311 e. The van der Waals surface area contributed by atoms with Crippen molar-refractivity contribution >= 4 is 39.7 Å². The second kappa shape index (κ2) is 11.0. The number of nitrogens with zero attached hydrogens (tertiary/aromatic N) is 1. The number of Topliss-reactive ketones (excluding diaryl/α,β-unsaturated/α-hetero) is 1. The van der Waals surface area contributed by atoms with E-state index in [4.69, 9.17) is 14.2 Å². The van der Waals surface area contributed by atoms with Crippen LogP contribution in [-0.4, -0.2) is 32.0 Å². The summed E-state index contributed by atoms with van der Waals surface area (Å²) in [7, 11) is 4.41. The third-order valence-electron chi connectivity index (χ3n) is 5.08. The van der Waals surface area contributed by atoms with Crippen LogP contribution in [0.5, 0.6) is 17.2 Å². The van der Waals surface area contributed by atoms with Gasteiger partial charge in [0, 0.05) is 27.3 Å². The minimum absolute atomic E-state index is 0.0605. The van der Waals surface area contributed by atoms with Crippen molar-refractivity contribution in [1.82, 2.24) is 0 Å². The number of hydrogen-bond donors (Lipinski definition) is 1. The highest BCUT2D eigenvalue weighted by atomic mass is 127. The second-order valence-electron chi connectivity index (χ2n) is 7.09. The number of ketones is 1. The molecular weight excluding hydrogens is 539 g/mol. The number of benzene rings is 3. The standard InChI is InChI=1S/C24H23IN2O6/c1-31-22-10-4-15(12-20(22)27(29)30)19(26-18-8-6-17(25)7-9-18)14-21(28)16-5-11-23(32-2)24(13-16)33-3/h4-13,19,26H,14H2,1-3H3. The zero-order chi connectivity index (χ0) is 24.0. The van der Waals surface area contributed by atoms with E-state index in [0.29, 0.717) is 22.6 Å². The normalized spacial score (nSPS) is 11.4. The number of nitro groups is 1. The van der Waals surface area contributed by atoms with Crippen LogP contribution < -0.4 is 19.5 Å². The molecule has 0 saturated carbocycles. The van der Waals surface area contributed by atoms with Crippen LogP contribution in [0.25, 0.3) is 0 Å². The molecule has 0 saturated heterocycles. The summed E-state index contributed by atoms with van der Waals surface area (Å²) in [5, 5.41) is 14.9. The number of anilines is 1. The largest absolute Gasteiger partial charge is 0.493 e. The van der Waals surface area contributed by atoms with Gasteiger partial charge in [-0.1, -0.05) is 6.07 Å². The fraction of sp³-hybridized carbons (Fsp3) is 0.208. The third-order valence-corrected chi connectivity index (χ3v) is 5.80. The molecule has 9 heteroatoms. The van der Waals surface area contributed by atoms with Crippen LogP contribution in [0.3, 0.4) is 0 Å². The number of nitro benzene ring substituents is 1. The van der Waals surface area contributed by atoms with E-state index in [-0.39, 0.29) is 23.6 Å². The van der Waals surface area contributed by atoms with Gasteiger partial charge < -0.3 is 19.5 Å². The highest BCUT2D eigenvalue weighted by Gasteiger charge is 2.23. The van der Waals surface area contributed by atoms with Crippen LogP contribution >= 0.6 is 22.6 Å². The van der Waals surface area contributed by atoms with E-state index in [1.54, 1.807) is 24.3 Å². The predicted molar refractivity (Wildman–Crippen MR) is 134 cm³/mol. The molecule has 0 heterocycles. The quantitative estimate of drug-likeness (QED) is 0.148. The van der Waals surface area contributed by atoms with Crippen LogP contribution in [-0.2, 0) is 0 Å². The van der Waals surface area contributed by atoms with Crippen LogP contribution in [0, 0.1) is 13.7 Å². The Balaban J connectivity index is 1.97. The van der Waals surface area contributed by atoms with Crippen LogP contribution in [0.2, 0.25) is 0 Å². The molecule has 0 bridgehead atoms. The maximum atomic E-state index is 13.2. The van der Waals surface area contributed by atoms with Crippen LogP contribution in [0.15, 0.2) is 60.7 Å². The van der Waals surface area contributed by atoms with Gasteiger partial charge in [-0.15, -0.1) is 0 Å². The van der Waals surface area contributed by atoms with Crippen LogP contribution in [0.1, 0.15) is 28.4 Å². The molecule has 1 N–H and O–H groups in total. The van der Waals surface area contributed by atoms with Crippen molar-refractivity contribution in [3.8, 4) is 17.2 Å². The van der Waals surface area contributed by atoms with Gasteiger partial charge >= 0.3 is 5.69 Å². The second-order valence-corrected chi connectivity index (χ2v) is 8.33. The number of methoxy groups -OCH3 is 3. The van der Waals surface area contributed by atoms with E-state index in [1.807, 2.05) is 24.3 Å². The SMILES string of the molecule is COc1ccc(C(=O)CC(Nc2ccc(I)cc2)c2ccc(OC)c([N+](=O)[O-])c2)cc1OC. The third kappa shape index (κ3) is 5.92. The number of carbonyl (C=O) groups excluding carboxylic acids is 1. The van der Waals surface area contributed by atoms with E-state index in [2.05, 4.69) is 27.9 Å². The lowest BCUT2D eigenvalue weighted by Gasteiger charge is -2.21. The number of ether oxygens (including phenoxy) is 3. The van der Waals surface area contributed by atoms with Gasteiger partial charge in [0.1, 0.15) is 0 Å². The molecule has 0 fully saturated rings. The summed E-state index contributed by atoms with van der Waals surface area (Å²) in [6, 6.07) is 16.8. The van der Waals surface area contributed by atoms with Crippen molar-refractivity contribution in [3.63, 3.8) is 0 Å². The van der Waals surface area contributed by atoms with Gasteiger partial charge in [0.2, 0.25) is 0 Å². The summed E-state index contributed by atoms with van der Waals surface area (Å²) in [4.78, 5) is 24.2. The first-order chi connectivity index (χ1) is 15.9. The summed E-state index contributed by atoms with van der Waals surface area (Å²) in [5.41, 5.74) is 1.67. The number of halogens is 1. The number of carbonyl (C=O) groups is 1. The first kappa shape index (κ1) is 24.3. The van der Waals surface area contributed by atoms with Crippen molar-refractivity contribution < 1.29 is 23.9 Å². The molecule has 0 radical (unpaired) electrons. The molecule has 3 aromatic rings. The smallest absolute Gasteiger partial charge is 0.311 e. The van der Waals surface area contributed by atoms with E-state index in [1.165, 1.54) is 33.5 Å². The van der Waals surface area contributed by atoms with Crippen molar-refractivity contribution in [1.29, 1.82) is 0 Å².